The Balaban J connectivity index is 2.33. The van der Waals surface area contributed by atoms with Gasteiger partial charge in [-0.25, -0.2) is 4.79 Å². The summed E-state index contributed by atoms with van der Waals surface area (Å²) in [5.41, 5.74) is 0.763. The number of carboxylic acid groups (broad SMARTS) is 1. The van der Waals surface area contributed by atoms with E-state index in [1.54, 1.807) is 11.3 Å². The highest BCUT2D eigenvalue weighted by atomic mass is 32.1. The van der Waals surface area contributed by atoms with Crippen LogP contribution in [0.4, 0.5) is 0 Å². The zero-order chi connectivity index (χ0) is 12.6. The second kappa shape index (κ2) is 4.35. The first-order chi connectivity index (χ1) is 7.99. The molecule has 0 aliphatic rings. The van der Waals surface area contributed by atoms with Gasteiger partial charge in [0.25, 0.3) is 0 Å². The van der Waals surface area contributed by atoms with Crippen molar-refractivity contribution >= 4 is 17.3 Å². The van der Waals surface area contributed by atoms with E-state index >= 15 is 0 Å². The molecular weight excluding hydrogens is 240 g/mol. The van der Waals surface area contributed by atoms with Crippen molar-refractivity contribution in [3.05, 3.63) is 45.0 Å². The largest absolute Gasteiger partial charge is 0.475 e. The van der Waals surface area contributed by atoms with E-state index in [1.165, 1.54) is 12.1 Å². The molecule has 0 aliphatic carbocycles. The van der Waals surface area contributed by atoms with Gasteiger partial charge in [-0.1, -0.05) is 0 Å². The average Bonchev–Trinajstić information content (AvgIpc) is 2.84. The fourth-order valence-electron chi connectivity index (χ4n) is 1.69. The molecule has 0 radical (unpaired) electrons. The van der Waals surface area contributed by atoms with Crippen LogP contribution in [0.5, 0.6) is 0 Å². The van der Waals surface area contributed by atoms with Gasteiger partial charge in [-0.3, -0.25) is 0 Å². The van der Waals surface area contributed by atoms with Crippen LogP contribution < -0.4 is 0 Å². The fraction of sp³-hybridized carbons (Fsp3) is 0.250. The standard InChI is InChI=1S/C12H12O4S/c1-6-5-8(7(2)17-6)11(13)9-3-4-10(16-9)12(14)15/h3-5,11,13H,1-2H3,(H,14,15). The van der Waals surface area contributed by atoms with Crippen molar-refractivity contribution in [3.8, 4) is 0 Å². The molecule has 17 heavy (non-hydrogen) atoms. The number of rotatable bonds is 3. The molecule has 0 saturated carbocycles. The summed E-state index contributed by atoms with van der Waals surface area (Å²) >= 11 is 1.59. The van der Waals surface area contributed by atoms with Crippen LogP contribution in [0, 0.1) is 13.8 Å². The molecule has 0 fully saturated rings. The third-order valence-electron chi connectivity index (χ3n) is 2.48. The van der Waals surface area contributed by atoms with Crippen molar-refractivity contribution in [2.45, 2.75) is 20.0 Å². The van der Waals surface area contributed by atoms with Crippen LogP contribution >= 0.6 is 11.3 Å². The molecule has 2 N–H and O–H groups in total. The molecule has 2 aromatic heterocycles. The summed E-state index contributed by atoms with van der Waals surface area (Å²) in [6, 6.07) is 4.71. The third kappa shape index (κ3) is 2.25. The van der Waals surface area contributed by atoms with E-state index in [4.69, 9.17) is 9.52 Å². The molecule has 5 heteroatoms. The van der Waals surface area contributed by atoms with Crippen LogP contribution in [0.15, 0.2) is 22.6 Å². The Labute approximate surface area is 102 Å². The van der Waals surface area contributed by atoms with E-state index in [-0.39, 0.29) is 11.5 Å². The van der Waals surface area contributed by atoms with Crippen LogP contribution in [0.1, 0.15) is 37.7 Å². The van der Waals surface area contributed by atoms with Gasteiger partial charge in [0.1, 0.15) is 11.9 Å². The molecular formula is C12H12O4S. The van der Waals surface area contributed by atoms with Gasteiger partial charge in [0, 0.05) is 15.3 Å². The summed E-state index contributed by atoms with van der Waals surface area (Å²) in [5, 5.41) is 18.8. The Kier molecular flexibility index (Phi) is 3.04. The Morgan fingerprint density at radius 1 is 1.41 bits per heavy atom. The molecule has 0 amide bonds. The lowest BCUT2D eigenvalue weighted by Gasteiger charge is -2.06. The van der Waals surface area contributed by atoms with Gasteiger partial charge >= 0.3 is 5.97 Å². The molecule has 2 aromatic rings. The van der Waals surface area contributed by atoms with E-state index in [9.17, 15) is 9.90 Å². The number of aryl methyl sites for hydroxylation is 2. The van der Waals surface area contributed by atoms with Crippen LogP contribution in [0.3, 0.4) is 0 Å². The van der Waals surface area contributed by atoms with E-state index in [2.05, 4.69) is 0 Å². The lowest BCUT2D eigenvalue weighted by molar-refractivity contribution is 0.0655. The number of aliphatic hydroxyl groups is 1. The molecule has 90 valence electrons. The van der Waals surface area contributed by atoms with Crippen molar-refractivity contribution in [1.82, 2.24) is 0 Å². The molecule has 1 unspecified atom stereocenters. The van der Waals surface area contributed by atoms with Crippen molar-refractivity contribution in [3.63, 3.8) is 0 Å². The highest BCUT2D eigenvalue weighted by molar-refractivity contribution is 7.12. The van der Waals surface area contributed by atoms with Crippen LogP contribution in [0.25, 0.3) is 0 Å². The Bertz CT molecular complexity index is 553. The van der Waals surface area contributed by atoms with Crippen molar-refractivity contribution < 1.29 is 19.4 Å². The van der Waals surface area contributed by atoms with Crippen LogP contribution in [-0.4, -0.2) is 16.2 Å². The minimum Gasteiger partial charge on any atom is -0.475 e. The maximum atomic E-state index is 10.7. The lowest BCUT2D eigenvalue weighted by Crippen LogP contribution is -1.98. The minimum absolute atomic E-state index is 0.163. The first kappa shape index (κ1) is 11.9. The number of carbonyl (C=O) groups is 1. The summed E-state index contributed by atoms with van der Waals surface area (Å²) in [4.78, 5) is 12.8. The molecule has 0 spiro atoms. The van der Waals surface area contributed by atoms with Crippen LogP contribution in [-0.2, 0) is 0 Å². The zero-order valence-electron chi connectivity index (χ0n) is 9.43. The van der Waals surface area contributed by atoms with Gasteiger partial charge in [0.15, 0.2) is 0 Å². The molecule has 2 rings (SSSR count). The molecule has 0 aromatic carbocycles. The van der Waals surface area contributed by atoms with Gasteiger partial charge in [-0.05, 0) is 32.0 Å². The van der Waals surface area contributed by atoms with Gasteiger partial charge in [0.2, 0.25) is 5.76 Å². The SMILES string of the molecule is Cc1cc(C(O)c2ccc(C(=O)O)o2)c(C)s1. The number of aromatic carboxylic acids is 1. The Hall–Kier alpha value is -1.59. The van der Waals surface area contributed by atoms with E-state index in [1.807, 2.05) is 19.9 Å². The van der Waals surface area contributed by atoms with E-state index < -0.39 is 12.1 Å². The Morgan fingerprint density at radius 3 is 2.59 bits per heavy atom. The average molecular weight is 252 g/mol. The first-order valence-electron chi connectivity index (χ1n) is 5.07. The number of furan rings is 1. The highest BCUT2D eigenvalue weighted by Gasteiger charge is 2.20. The highest BCUT2D eigenvalue weighted by Crippen LogP contribution is 2.31. The summed E-state index contributed by atoms with van der Waals surface area (Å²) < 4.78 is 5.08. The summed E-state index contributed by atoms with van der Waals surface area (Å²) in [6.45, 7) is 3.87. The van der Waals surface area contributed by atoms with E-state index in [0.29, 0.717) is 0 Å². The van der Waals surface area contributed by atoms with Crippen molar-refractivity contribution in [2.75, 3.05) is 0 Å². The van der Waals surface area contributed by atoms with Gasteiger partial charge in [-0.2, -0.15) is 0 Å². The third-order valence-corrected chi connectivity index (χ3v) is 3.46. The fourth-order valence-corrected chi connectivity index (χ4v) is 2.65. The van der Waals surface area contributed by atoms with Crippen molar-refractivity contribution in [1.29, 1.82) is 0 Å². The smallest absolute Gasteiger partial charge is 0.371 e. The van der Waals surface area contributed by atoms with Gasteiger partial charge in [0.05, 0.1) is 0 Å². The monoisotopic (exact) mass is 252 g/mol. The number of thiophene rings is 1. The molecule has 0 aliphatic heterocycles. The second-order valence-corrected chi connectivity index (χ2v) is 5.24. The maximum absolute atomic E-state index is 10.7. The molecule has 1 atom stereocenters. The predicted octanol–water partition coefficient (Wildman–Crippen LogP) is 2.74. The molecule has 0 saturated heterocycles. The molecule has 2 heterocycles. The minimum atomic E-state index is -1.14. The number of hydrogen-bond donors (Lipinski definition) is 2. The predicted molar refractivity (Wildman–Crippen MR) is 63.5 cm³/mol. The van der Waals surface area contributed by atoms with Gasteiger partial charge < -0.3 is 14.6 Å². The van der Waals surface area contributed by atoms with E-state index in [0.717, 1.165) is 15.3 Å². The van der Waals surface area contributed by atoms with Crippen molar-refractivity contribution in [2.24, 2.45) is 0 Å². The zero-order valence-corrected chi connectivity index (χ0v) is 10.2. The van der Waals surface area contributed by atoms with Crippen LogP contribution in [0.2, 0.25) is 0 Å². The maximum Gasteiger partial charge on any atom is 0.371 e. The number of carboxylic acids is 1. The summed E-state index contributed by atoms with van der Waals surface area (Å²) in [6.07, 6.45) is -0.909. The lowest BCUT2D eigenvalue weighted by atomic mass is 10.1. The molecule has 4 nitrogen and oxygen atoms in total. The number of hydrogen-bond acceptors (Lipinski definition) is 4. The topological polar surface area (TPSA) is 70.7 Å². The Morgan fingerprint density at radius 2 is 2.12 bits per heavy atom. The summed E-state index contributed by atoms with van der Waals surface area (Å²) in [7, 11) is 0. The van der Waals surface area contributed by atoms with Gasteiger partial charge in [-0.15, -0.1) is 11.3 Å². The summed E-state index contributed by atoms with van der Waals surface area (Å²) in [5.74, 6) is -1.05. The number of aliphatic hydroxyl groups excluding tert-OH is 1. The quantitative estimate of drug-likeness (QED) is 0.881. The first-order valence-corrected chi connectivity index (χ1v) is 5.88. The molecule has 0 bridgehead atoms. The normalized spacial score (nSPS) is 12.6. The second-order valence-electron chi connectivity index (χ2n) is 3.78.